The number of hydroxylamine groups is 1. The van der Waals surface area contributed by atoms with Gasteiger partial charge in [-0.2, -0.15) is 18.7 Å². The van der Waals surface area contributed by atoms with Gasteiger partial charge in [0, 0.05) is 50.9 Å². The smallest absolute Gasteiger partial charge is 0.491 e. The van der Waals surface area contributed by atoms with Gasteiger partial charge in [0.05, 0.1) is 12.5 Å². The molecule has 2 aromatic carbocycles. The number of hydrogen-bond acceptors (Lipinski definition) is 23. The molecule has 13 N–H and O–H groups in total. The molecule has 5 rings (SSSR count). The van der Waals surface area contributed by atoms with Gasteiger partial charge in [0.2, 0.25) is 11.8 Å². The number of hydrazine groups is 4. The Balaban J connectivity index is 1.03. The van der Waals surface area contributed by atoms with Gasteiger partial charge in [-0.15, -0.1) is 10.1 Å². The summed E-state index contributed by atoms with van der Waals surface area (Å²) < 4.78 is 45.9. The number of phenolic OH excluding ortho intramolecular Hbond substituents is 2. The van der Waals surface area contributed by atoms with Gasteiger partial charge in [0.15, 0.2) is 5.54 Å². The zero-order chi connectivity index (χ0) is 59.6. The molecule has 30 nitrogen and oxygen atoms in total. The van der Waals surface area contributed by atoms with Crippen LogP contribution in [0.25, 0.3) is 0 Å². The number of phenols is 2. The number of aliphatic carboxylic acids is 3. The predicted molar refractivity (Wildman–Crippen MR) is 261 cm³/mol. The summed E-state index contributed by atoms with van der Waals surface area (Å²) in [7, 11) is 0. The summed E-state index contributed by atoms with van der Waals surface area (Å²) in [5.41, 5.74) is 4.29. The number of aromatic hydroxyl groups is 2. The van der Waals surface area contributed by atoms with Crippen LogP contribution in [-0.4, -0.2) is 156 Å². The normalized spacial score (nSPS) is 19.0. The molecule has 3 heterocycles. The molecule has 2 unspecified atom stereocenters. The fourth-order valence-electron chi connectivity index (χ4n) is 8.79. The summed E-state index contributed by atoms with van der Waals surface area (Å²) in [5.74, 6) is -7.85. The van der Waals surface area contributed by atoms with Gasteiger partial charge < -0.3 is 65.9 Å². The molecule has 2 aromatic rings. The molecule has 0 aliphatic carbocycles. The number of unbranched alkanes of at least 4 members (excludes halogenated alkanes) is 3. The van der Waals surface area contributed by atoms with Crippen LogP contribution in [0, 0.1) is 5.92 Å². The minimum atomic E-state index is -5.47. The highest BCUT2D eigenvalue weighted by atomic mass is 19.4. The summed E-state index contributed by atoms with van der Waals surface area (Å²) in [6.07, 6.45) is -7.44. The first kappa shape index (κ1) is 63.6. The Morgan fingerprint density at radius 3 is 1.99 bits per heavy atom. The van der Waals surface area contributed by atoms with E-state index in [1.54, 1.807) is 12.1 Å². The quantitative estimate of drug-likeness (QED) is 0.0124. The van der Waals surface area contributed by atoms with Crippen LogP contribution in [0.4, 0.5) is 18.0 Å². The molecule has 3 aliphatic rings. The third kappa shape index (κ3) is 18.1. The van der Waals surface area contributed by atoms with Crippen molar-refractivity contribution < 1.29 is 111 Å². The molecular weight excluding hydrogens is 1090 g/mol. The van der Waals surface area contributed by atoms with Crippen molar-refractivity contribution in [2.75, 3.05) is 19.6 Å². The second-order valence-corrected chi connectivity index (χ2v) is 18.8. The van der Waals surface area contributed by atoms with Crippen molar-refractivity contribution in [2.45, 2.75) is 133 Å². The largest absolute Gasteiger partial charge is 0.508 e. The van der Waals surface area contributed by atoms with Gasteiger partial charge in [0.1, 0.15) is 23.6 Å². The minimum absolute atomic E-state index is 0.0365. The van der Waals surface area contributed by atoms with E-state index in [1.807, 2.05) is 10.6 Å². The Kier molecular flexibility index (Phi) is 23.0. The van der Waals surface area contributed by atoms with E-state index in [1.165, 1.54) is 24.3 Å². The van der Waals surface area contributed by atoms with Crippen molar-refractivity contribution in [3.63, 3.8) is 0 Å². The molecule has 5 atom stereocenters. The number of urea groups is 1. The van der Waals surface area contributed by atoms with Crippen LogP contribution in [0.1, 0.15) is 99.3 Å². The van der Waals surface area contributed by atoms with E-state index in [9.17, 15) is 91.4 Å². The molecule has 1 spiro atoms. The van der Waals surface area contributed by atoms with E-state index in [4.69, 9.17) is 20.3 Å². The van der Waals surface area contributed by atoms with Crippen molar-refractivity contribution in [2.24, 2.45) is 11.8 Å². The van der Waals surface area contributed by atoms with E-state index in [0.29, 0.717) is 36.9 Å². The van der Waals surface area contributed by atoms with E-state index in [0.717, 1.165) is 15.4 Å². The Morgan fingerprint density at radius 1 is 0.765 bits per heavy atom. The summed E-state index contributed by atoms with van der Waals surface area (Å²) in [5, 5.41) is 62.1. The van der Waals surface area contributed by atoms with Crippen molar-refractivity contribution >= 4 is 65.6 Å². The number of nitrogens with one attached hydrogen (secondary N) is 6. The van der Waals surface area contributed by atoms with Crippen LogP contribution >= 0.6 is 0 Å². The minimum Gasteiger partial charge on any atom is -0.508 e. The lowest BCUT2D eigenvalue weighted by molar-refractivity contribution is -0.356. The number of carboxylic acid groups (broad SMARTS) is 3. The molecule has 33 heteroatoms. The molecule has 444 valence electrons. The second kappa shape index (κ2) is 29.3. The standard InChI is InChI=1S/C48H61F3N10O20/c49-48(50,51)45(76)78-38(68)17-12-32(41(71)72)57-46(77)56-31(40(69)70)6-3-5-20-53-35(64)7-2-1-4-19-54-36(65)15-10-26-9-14-34(63)29(23-26)25-59(52)61-58-81-43(74)39-60(61)47(44(75)79-39)18-21-55-80-42(73)30(47)24-28-22-27(8-13-33(28)62)11-16-37(66)67/h8-9,13-14,22-23,30-32,39,55,58,62-63H,1-7,10-12,15-21,24-25,52H2,(H,53,64)(H,54,65)(H,66,67)(H,69,70)(H,71,72)(H2,56,57,77)/t30-,31?,32?,39+,47+/m1/s1. The lowest BCUT2D eigenvalue weighted by Crippen LogP contribution is -2.75. The number of rotatable bonds is 29. The average Bonchev–Trinajstić information content (AvgIpc) is 3.61. The highest BCUT2D eigenvalue weighted by Crippen LogP contribution is 2.44. The molecule has 0 saturated carbocycles. The third-order valence-electron chi connectivity index (χ3n) is 13.0. The zero-order valence-corrected chi connectivity index (χ0v) is 43.1. The number of carboxylic acids is 3. The maximum atomic E-state index is 14.1. The fourth-order valence-corrected chi connectivity index (χ4v) is 8.79. The molecule has 81 heavy (non-hydrogen) atoms. The highest BCUT2D eigenvalue weighted by molar-refractivity contribution is 5.94. The monoisotopic (exact) mass is 1150 g/mol. The van der Waals surface area contributed by atoms with Crippen LogP contribution in [0.5, 0.6) is 11.5 Å². The maximum Gasteiger partial charge on any atom is 0.491 e. The molecule has 0 radical (unpaired) electrons. The molecule has 3 saturated heterocycles. The van der Waals surface area contributed by atoms with Crippen LogP contribution in [0.2, 0.25) is 0 Å². The summed E-state index contributed by atoms with van der Waals surface area (Å²) in [6, 6.07) is 4.22. The van der Waals surface area contributed by atoms with E-state index in [2.05, 4.69) is 26.4 Å². The first-order valence-electron chi connectivity index (χ1n) is 25.2. The Hall–Kier alpha value is -8.24. The lowest BCUT2D eigenvalue weighted by Gasteiger charge is -2.47. The lowest BCUT2D eigenvalue weighted by atomic mass is 9.77. The van der Waals surface area contributed by atoms with E-state index in [-0.39, 0.29) is 118 Å². The topological polar surface area (TPSA) is 434 Å². The van der Waals surface area contributed by atoms with E-state index >= 15 is 0 Å². The Morgan fingerprint density at radius 2 is 1.36 bits per heavy atom. The van der Waals surface area contributed by atoms with Gasteiger partial charge in [-0.3, -0.25) is 25.0 Å². The number of carbonyl (C=O) groups excluding carboxylic acids is 8. The van der Waals surface area contributed by atoms with Crippen LogP contribution in [-0.2, 0) is 92.9 Å². The molecule has 0 aromatic heterocycles. The number of ether oxygens (including phenoxy) is 2. The molecule has 3 aliphatic heterocycles. The first-order valence-corrected chi connectivity index (χ1v) is 25.2. The molecular formula is C48H61F3N10O20. The van der Waals surface area contributed by atoms with Gasteiger partial charge in [0.25, 0.3) is 6.23 Å². The molecule has 4 amide bonds. The zero-order valence-electron chi connectivity index (χ0n) is 43.1. The maximum absolute atomic E-state index is 14.1. The van der Waals surface area contributed by atoms with Crippen LogP contribution < -0.4 is 38.2 Å². The molecule has 0 bridgehead atoms. The number of nitrogens with zero attached hydrogens (tertiary/aromatic N) is 3. The number of halogens is 3. The number of fused-ring (bicyclic) bond motifs is 2. The highest BCUT2D eigenvalue weighted by Gasteiger charge is 2.69. The van der Waals surface area contributed by atoms with Gasteiger partial charge in [-0.1, -0.05) is 41.5 Å². The number of nitrogens with two attached hydrogens (primary N) is 1. The first-order chi connectivity index (χ1) is 38.3. The van der Waals surface area contributed by atoms with Crippen molar-refractivity contribution in [1.82, 2.24) is 47.7 Å². The van der Waals surface area contributed by atoms with Crippen LogP contribution in [0.15, 0.2) is 36.4 Å². The van der Waals surface area contributed by atoms with Gasteiger partial charge in [-0.25, -0.2) is 33.6 Å². The van der Waals surface area contributed by atoms with Gasteiger partial charge >= 0.3 is 60.0 Å². The van der Waals surface area contributed by atoms with Crippen molar-refractivity contribution in [1.29, 1.82) is 0 Å². The number of esters is 3. The summed E-state index contributed by atoms with van der Waals surface area (Å²) >= 11 is 0. The SMILES string of the molecule is NN(Cc1cc(CCC(=O)NCCCCCC(=O)NCCCCC(NC(=O)NC(CCC(=O)OC(=O)C(F)(F)F)C(=O)O)C(=O)O)ccc1O)N1NOC(=O)[C@@H]2OC(=O)[C@@]3(CCNOC(=O)[C@H]3Cc3cc(CCC(=O)O)ccc3O)N21. The third-order valence-corrected chi connectivity index (χ3v) is 13.0. The van der Waals surface area contributed by atoms with Gasteiger partial charge in [-0.05, 0) is 93.0 Å². The number of amides is 4. The fraction of sp³-hybridized carbons (Fsp3) is 0.521. The van der Waals surface area contributed by atoms with Crippen molar-refractivity contribution in [3.8, 4) is 11.5 Å². The number of benzene rings is 2. The summed E-state index contributed by atoms with van der Waals surface area (Å²) in [6.45, 7) is -0.000442. The summed E-state index contributed by atoms with van der Waals surface area (Å²) in [4.78, 5) is 145. The molecule has 3 fully saturated rings. The number of carbonyl (C=O) groups is 11. The second-order valence-electron chi connectivity index (χ2n) is 18.8. The van der Waals surface area contributed by atoms with Crippen LogP contribution in [0.3, 0.4) is 0 Å². The van der Waals surface area contributed by atoms with E-state index < -0.39 is 103 Å². The number of hydrogen-bond donors (Lipinski definition) is 12. The van der Waals surface area contributed by atoms with Crippen molar-refractivity contribution in [3.05, 3.63) is 58.7 Å². The number of alkyl halides is 3. The number of aryl methyl sites for hydroxylation is 2. The average molecular weight is 1160 g/mol. The predicted octanol–water partition coefficient (Wildman–Crippen LogP) is -0.353. The Bertz CT molecular complexity index is 2680. The Labute approximate surface area is 457 Å².